The van der Waals surface area contributed by atoms with Gasteiger partial charge in [0.25, 0.3) is 5.91 Å². The number of amides is 1. The Morgan fingerprint density at radius 3 is 2.50 bits per heavy atom. The molecule has 0 spiro atoms. The number of rotatable bonds is 4. The summed E-state index contributed by atoms with van der Waals surface area (Å²) in [5.74, 6) is -6.34. The largest absolute Gasteiger partial charge is 0.479 e. The second kappa shape index (κ2) is 5.96. The van der Waals surface area contributed by atoms with Gasteiger partial charge in [0.2, 0.25) is 0 Å². The van der Waals surface area contributed by atoms with Gasteiger partial charge in [-0.25, -0.2) is 18.0 Å². The van der Waals surface area contributed by atoms with Crippen LogP contribution in [0, 0.1) is 17.5 Å². The standard InChI is InChI=1S/C14H14F3NO4/c1-22-7-14(13(20)21)3-2-4-18(14)12(19)8-5-10(16)11(17)6-9(8)15/h5-6H,2-4,7H2,1H3,(H,20,21). The second-order valence-corrected chi connectivity index (χ2v) is 5.08. The summed E-state index contributed by atoms with van der Waals surface area (Å²) in [6.45, 7) is -0.216. The van der Waals surface area contributed by atoms with Crippen molar-refractivity contribution in [2.75, 3.05) is 20.3 Å². The predicted octanol–water partition coefficient (Wildman–Crippen LogP) is 1.81. The predicted molar refractivity (Wildman–Crippen MR) is 68.8 cm³/mol. The molecule has 0 radical (unpaired) electrons. The molecule has 0 aromatic heterocycles. The molecule has 5 nitrogen and oxygen atoms in total. The van der Waals surface area contributed by atoms with Crippen molar-refractivity contribution in [1.29, 1.82) is 0 Å². The number of methoxy groups -OCH3 is 1. The van der Waals surface area contributed by atoms with Gasteiger partial charge in [-0.05, 0) is 18.9 Å². The van der Waals surface area contributed by atoms with Crippen molar-refractivity contribution < 1.29 is 32.6 Å². The molecule has 0 aliphatic carbocycles. The molecule has 1 amide bonds. The molecule has 2 rings (SSSR count). The van der Waals surface area contributed by atoms with Crippen LogP contribution >= 0.6 is 0 Å². The van der Waals surface area contributed by atoms with E-state index in [4.69, 9.17) is 4.74 Å². The smallest absolute Gasteiger partial charge is 0.332 e. The molecule has 1 saturated heterocycles. The third-order valence-corrected chi connectivity index (χ3v) is 3.76. The third kappa shape index (κ3) is 2.54. The van der Waals surface area contributed by atoms with E-state index < -0.39 is 40.4 Å². The fourth-order valence-corrected chi connectivity index (χ4v) is 2.68. The van der Waals surface area contributed by atoms with Gasteiger partial charge in [-0.1, -0.05) is 0 Å². The van der Waals surface area contributed by atoms with Crippen LogP contribution in [0.1, 0.15) is 23.2 Å². The average molecular weight is 317 g/mol. The minimum Gasteiger partial charge on any atom is -0.479 e. The molecular formula is C14H14F3NO4. The van der Waals surface area contributed by atoms with E-state index in [2.05, 4.69) is 0 Å². The maximum atomic E-state index is 13.7. The first-order valence-corrected chi connectivity index (χ1v) is 6.52. The lowest BCUT2D eigenvalue weighted by Crippen LogP contribution is -2.56. The summed E-state index contributed by atoms with van der Waals surface area (Å²) in [5.41, 5.74) is -2.34. The second-order valence-electron chi connectivity index (χ2n) is 5.08. The summed E-state index contributed by atoms with van der Waals surface area (Å²) in [6.07, 6.45) is 0.514. The van der Waals surface area contributed by atoms with Crippen LogP contribution in [0.4, 0.5) is 13.2 Å². The number of nitrogens with zero attached hydrogens (tertiary/aromatic N) is 1. The Morgan fingerprint density at radius 1 is 1.27 bits per heavy atom. The van der Waals surface area contributed by atoms with Crippen molar-refractivity contribution in [1.82, 2.24) is 4.90 Å². The monoisotopic (exact) mass is 317 g/mol. The number of carbonyl (C=O) groups excluding carboxylic acids is 1. The Bertz CT molecular complexity index is 622. The number of aliphatic carboxylic acids is 1. The van der Waals surface area contributed by atoms with E-state index in [9.17, 15) is 27.9 Å². The molecule has 8 heteroatoms. The van der Waals surface area contributed by atoms with Gasteiger partial charge >= 0.3 is 5.97 Å². The number of benzene rings is 1. The third-order valence-electron chi connectivity index (χ3n) is 3.76. The van der Waals surface area contributed by atoms with Gasteiger partial charge in [0.05, 0.1) is 12.2 Å². The normalized spacial score (nSPS) is 21.2. The first kappa shape index (κ1) is 16.3. The summed E-state index contributed by atoms with van der Waals surface area (Å²) in [6, 6.07) is 0.697. The SMILES string of the molecule is COCC1(C(=O)O)CCCN1C(=O)c1cc(F)c(F)cc1F. The topological polar surface area (TPSA) is 66.8 Å². The van der Waals surface area contributed by atoms with Crippen LogP contribution in [0.25, 0.3) is 0 Å². The highest BCUT2D eigenvalue weighted by Crippen LogP contribution is 2.32. The Morgan fingerprint density at radius 2 is 1.91 bits per heavy atom. The molecule has 22 heavy (non-hydrogen) atoms. The van der Waals surface area contributed by atoms with E-state index in [0.29, 0.717) is 12.5 Å². The summed E-state index contributed by atoms with van der Waals surface area (Å²) >= 11 is 0. The maximum Gasteiger partial charge on any atom is 0.332 e. The number of ether oxygens (including phenoxy) is 1. The summed E-state index contributed by atoms with van der Waals surface area (Å²) in [7, 11) is 1.28. The lowest BCUT2D eigenvalue weighted by atomic mass is 9.96. The molecule has 1 aliphatic heterocycles. The first-order valence-electron chi connectivity index (χ1n) is 6.52. The van der Waals surface area contributed by atoms with E-state index in [1.165, 1.54) is 7.11 Å². The molecule has 1 aliphatic rings. The number of carboxylic acids is 1. The van der Waals surface area contributed by atoms with Gasteiger partial charge in [0.1, 0.15) is 5.82 Å². The highest BCUT2D eigenvalue weighted by molar-refractivity contribution is 5.98. The molecule has 1 N–H and O–H groups in total. The van der Waals surface area contributed by atoms with E-state index in [0.717, 1.165) is 4.90 Å². The summed E-state index contributed by atoms with van der Waals surface area (Å²) < 4.78 is 44.8. The molecule has 0 saturated carbocycles. The van der Waals surface area contributed by atoms with Crippen molar-refractivity contribution in [2.45, 2.75) is 18.4 Å². The fourth-order valence-electron chi connectivity index (χ4n) is 2.68. The van der Waals surface area contributed by atoms with Gasteiger partial charge in [-0.3, -0.25) is 4.79 Å². The first-order chi connectivity index (χ1) is 10.3. The Hall–Kier alpha value is -2.09. The van der Waals surface area contributed by atoms with Crippen LogP contribution < -0.4 is 0 Å². The quantitative estimate of drug-likeness (QED) is 0.860. The van der Waals surface area contributed by atoms with Crippen molar-refractivity contribution in [3.63, 3.8) is 0 Å². The van der Waals surface area contributed by atoms with Gasteiger partial charge in [0.15, 0.2) is 17.2 Å². The summed E-state index contributed by atoms with van der Waals surface area (Å²) in [4.78, 5) is 24.9. The number of carboxylic acid groups (broad SMARTS) is 1. The van der Waals surface area contributed by atoms with Crippen LogP contribution in [0.5, 0.6) is 0 Å². The lowest BCUT2D eigenvalue weighted by Gasteiger charge is -2.34. The number of carbonyl (C=O) groups is 2. The lowest BCUT2D eigenvalue weighted by molar-refractivity contribution is -0.151. The fraction of sp³-hybridized carbons (Fsp3) is 0.429. The molecule has 1 aromatic rings. The molecule has 1 heterocycles. The van der Waals surface area contributed by atoms with Crippen LogP contribution in [0.15, 0.2) is 12.1 Å². The zero-order valence-corrected chi connectivity index (χ0v) is 11.7. The summed E-state index contributed by atoms with van der Waals surface area (Å²) in [5, 5.41) is 9.43. The van der Waals surface area contributed by atoms with Crippen molar-refractivity contribution >= 4 is 11.9 Å². The van der Waals surface area contributed by atoms with E-state index in [1.54, 1.807) is 0 Å². The minimum atomic E-state index is -1.64. The molecular weight excluding hydrogens is 303 g/mol. The van der Waals surface area contributed by atoms with Gasteiger partial charge in [0, 0.05) is 19.7 Å². The number of hydrogen-bond acceptors (Lipinski definition) is 3. The molecule has 1 fully saturated rings. The minimum absolute atomic E-state index is 0.0624. The highest BCUT2D eigenvalue weighted by atomic mass is 19.2. The van der Waals surface area contributed by atoms with Crippen molar-refractivity contribution in [2.24, 2.45) is 0 Å². The zero-order valence-electron chi connectivity index (χ0n) is 11.7. The Kier molecular flexibility index (Phi) is 4.41. The highest BCUT2D eigenvalue weighted by Gasteiger charge is 2.50. The number of halogens is 3. The maximum absolute atomic E-state index is 13.7. The van der Waals surface area contributed by atoms with Crippen LogP contribution in [-0.2, 0) is 9.53 Å². The molecule has 1 aromatic carbocycles. The van der Waals surface area contributed by atoms with Crippen LogP contribution in [0.3, 0.4) is 0 Å². The number of hydrogen-bond donors (Lipinski definition) is 1. The van der Waals surface area contributed by atoms with Gasteiger partial charge < -0.3 is 14.7 Å². The van der Waals surface area contributed by atoms with E-state index >= 15 is 0 Å². The van der Waals surface area contributed by atoms with Gasteiger partial charge in [-0.2, -0.15) is 0 Å². The van der Waals surface area contributed by atoms with Gasteiger partial charge in [-0.15, -0.1) is 0 Å². The average Bonchev–Trinajstić information content (AvgIpc) is 2.87. The van der Waals surface area contributed by atoms with Crippen molar-refractivity contribution in [3.8, 4) is 0 Å². The molecule has 0 bridgehead atoms. The van der Waals surface area contributed by atoms with Crippen molar-refractivity contribution in [3.05, 3.63) is 35.1 Å². The molecule has 1 unspecified atom stereocenters. The number of likely N-dealkylation sites (tertiary alicyclic amines) is 1. The Balaban J connectivity index is 2.44. The molecule has 120 valence electrons. The zero-order chi connectivity index (χ0) is 16.5. The Labute approximate surface area is 124 Å². The van der Waals surface area contributed by atoms with E-state index in [1.807, 2.05) is 0 Å². The van der Waals surface area contributed by atoms with Crippen LogP contribution in [-0.4, -0.2) is 47.7 Å². The van der Waals surface area contributed by atoms with Crippen LogP contribution in [0.2, 0.25) is 0 Å². The van der Waals surface area contributed by atoms with E-state index in [-0.39, 0.29) is 25.6 Å². The molecule has 1 atom stereocenters.